The molecule has 2 heterocycles. The van der Waals surface area contributed by atoms with Gasteiger partial charge in [0.1, 0.15) is 16.5 Å². The molecule has 0 spiro atoms. The van der Waals surface area contributed by atoms with Gasteiger partial charge in [0.05, 0.1) is 19.1 Å². The quantitative estimate of drug-likeness (QED) is 0.635. The first kappa shape index (κ1) is 15.1. The molecule has 0 atom stereocenters. The van der Waals surface area contributed by atoms with Gasteiger partial charge in [0.15, 0.2) is 0 Å². The minimum absolute atomic E-state index is 0.672. The van der Waals surface area contributed by atoms with E-state index in [2.05, 4.69) is 38.9 Å². The van der Waals surface area contributed by atoms with Crippen LogP contribution >= 0.6 is 12.2 Å². The van der Waals surface area contributed by atoms with Crippen LogP contribution in [0.15, 0.2) is 12.4 Å². The van der Waals surface area contributed by atoms with Gasteiger partial charge in [0, 0.05) is 13.1 Å². The Labute approximate surface area is 126 Å². The van der Waals surface area contributed by atoms with Gasteiger partial charge in [-0.25, -0.2) is 4.98 Å². The first-order chi connectivity index (χ1) is 9.74. The SMILES string of the molecule is CCN(CC)CNC(=S)c1cncc(N2CCCC2)n1. The summed E-state index contributed by atoms with van der Waals surface area (Å²) in [6.07, 6.45) is 6.02. The van der Waals surface area contributed by atoms with E-state index in [0.717, 1.165) is 44.4 Å². The zero-order valence-corrected chi connectivity index (χ0v) is 13.1. The molecular weight excluding hydrogens is 270 g/mol. The van der Waals surface area contributed by atoms with Gasteiger partial charge in [-0.1, -0.05) is 26.1 Å². The Hall–Kier alpha value is -1.27. The van der Waals surface area contributed by atoms with Gasteiger partial charge in [-0.3, -0.25) is 9.88 Å². The van der Waals surface area contributed by atoms with E-state index in [1.165, 1.54) is 12.8 Å². The third-order valence-electron chi connectivity index (χ3n) is 3.64. The van der Waals surface area contributed by atoms with Gasteiger partial charge >= 0.3 is 0 Å². The molecule has 6 heteroatoms. The molecule has 0 aromatic carbocycles. The van der Waals surface area contributed by atoms with E-state index in [-0.39, 0.29) is 0 Å². The van der Waals surface area contributed by atoms with Crippen molar-refractivity contribution in [1.29, 1.82) is 0 Å². The third kappa shape index (κ3) is 3.86. The molecule has 20 heavy (non-hydrogen) atoms. The van der Waals surface area contributed by atoms with Crippen molar-refractivity contribution < 1.29 is 0 Å². The number of aromatic nitrogens is 2. The lowest BCUT2D eigenvalue weighted by molar-refractivity contribution is 0.299. The second kappa shape index (κ2) is 7.50. The van der Waals surface area contributed by atoms with Gasteiger partial charge in [0.2, 0.25) is 0 Å². The molecule has 1 aromatic rings. The van der Waals surface area contributed by atoms with Crippen molar-refractivity contribution in [3.05, 3.63) is 18.1 Å². The standard InChI is InChI=1S/C14H23N5S/c1-3-18(4-2)11-16-14(20)12-9-15-10-13(17-12)19-7-5-6-8-19/h9-10H,3-8,11H2,1-2H3,(H,16,20). The summed E-state index contributed by atoms with van der Waals surface area (Å²) >= 11 is 5.41. The fraction of sp³-hybridized carbons (Fsp3) is 0.643. The maximum atomic E-state index is 5.41. The summed E-state index contributed by atoms with van der Waals surface area (Å²) in [5.41, 5.74) is 0.761. The second-order valence-electron chi connectivity index (χ2n) is 4.92. The molecule has 0 radical (unpaired) electrons. The Morgan fingerprint density at radius 2 is 2.00 bits per heavy atom. The van der Waals surface area contributed by atoms with Crippen LogP contribution in [0.2, 0.25) is 0 Å². The van der Waals surface area contributed by atoms with Gasteiger partial charge < -0.3 is 10.2 Å². The van der Waals surface area contributed by atoms with Gasteiger partial charge in [-0.2, -0.15) is 0 Å². The summed E-state index contributed by atoms with van der Waals surface area (Å²) in [5, 5.41) is 3.26. The first-order valence-corrected chi connectivity index (χ1v) is 7.73. The van der Waals surface area contributed by atoms with Crippen LogP contribution in [0.25, 0.3) is 0 Å². The fourth-order valence-electron chi connectivity index (χ4n) is 2.29. The van der Waals surface area contributed by atoms with Crippen molar-refractivity contribution in [1.82, 2.24) is 20.2 Å². The van der Waals surface area contributed by atoms with Crippen molar-refractivity contribution in [3.63, 3.8) is 0 Å². The molecule has 1 N–H and O–H groups in total. The maximum absolute atomic E-state index is 5.41. The summed E-state index contributed by atoms with van der Waals surface area (Å²) in [7, 11) is 0. The number of nitrogens with one attached hydrogen (secondary N) is 1. The Morgan fingerprint density at radius 3 is 2.65 bits per heavy atom. The summed E-state index contributed by atoms with van der Waals surface area (Å²) in [4.78, 5) is 14.1. The molecule has 0 unspecified atom stereocenters. The Balaban J connectivity index is 1.97. The molecule has 1 saturated heterocycles. The normalized spacial score (nSPS) is 14.8. The lowest BCUT2D eigenvalue weighted by Gasteiger charge is -2.20. The largest absolute Gasteiger partial charge is 0.362 e. The topological polar surface area (TPSA) is 44.3 Å². The summed E-state index contributed by atoms with van der Waals surface area (Å²) in [6, 6.07) is 0. The molecule has 1 aromatic heterocycles. The number of rotatable bonds is 6. The van der Waals surface area contributed by atoms with Crippen LogP contribution in [0.1, 0.15) is 32.4 Å². The van der Waals surface area contributed by atoms with Crippen LogP contribution < -0.4 is 10.2 Å². The lowest BCUT2D eigenvalue weighted by atomic mass is 10.4. The number of hydrogen-bond acceptors (Lipinski definition) is 5. The molecule has 110 valence electrons. The molecule has 0 saturated carbocycles. The Kier molecular flexibility index (Phi) is 5.67. The fourth-order valence-corrected chi connectivity index (χ4v) is 2.45. The van der Waals surface area contributed by atoms with E-state index in [1.54, 1.807) is 6.20 Å². The molecule has 1 aliphatic rings. The molecular formula is C14H23N5S. The molecule has 1 fully saturated rings. The lowest BCUT2D eigenvalue weighted by Crippen LogP contribution is -2.37. The summed E-state index contributed by atoms with van der Waals surface area (Å²) < 4.78 is 0. The third-order valence-corrected chi connectivity index (χ3v) is 4.00. The van der Waals surface area contributed by atoms with E-state index in [4.69, 9.17) is 12.2 Å². The zero-order chi connectivity index (χ0) is 14.4. The zero-order valence-electron chi connectivity index (χ0n) is 12.3. The summed E-state index contributed by atoms with van der Waals surface area (Å²) in [6.45, 7) is 9.18. The number of hydrogen-bond donors (Lipinski definition) is 1. The molecule has 2 rings (SSSR count). The molecule has 0 bridgehead atoms. The van der Waals surface area contributed by atoms with Crippen molar-refractivity contribution in [2.45, 2.75) is 26.7 Å². The number of anilines is 1. The van der Waals surface area contributed by atoms with Crippen LogP contribution in [0.3, 0.4) is 0 Å². The highest BCUT2D eigenvalue weighted by molar-refractivity contribution is 7.80. The van der Waals surface area contributed by atoms with Crippen LogP contribution in [-0.4, -0.2) is 52.7 Å². The Bertz CT molecular complexity index is 441. The monoisotopic (exact) mass is 293 g/mol. The maximum Gasteiger partial charge on any atom is 0.147 e. The van der Waals surface area contributed by atoms with E-state index < -0.39 is 0 Å². The highest BCUT2D eigenvalue weighted by atomic mass is 32.1. The van der Waals surface area contributed by atoms with Crippen molar-refractivity contribution in [3.8, 4) is 0 Å². The van der Waals surface area contributed by atoms with Crippen LogP contribution in [0.4, 0.5) is 5.82 Å². The molecule has 0 amide bonds. The number of nitrogens with zero attached hydrogens (tertiary/aromatic N) is 4. The molecule has 0 aliphatic carbocycles. The van der Waals surface area contributed by atoms with E-state index in [9.17, 15) is 0 Å². The molecule has 5 nitrogen and oxygen atoms in total. The average molecular weight is 293 g/mol. The Morgan fingerprint density at radius 1 is 1.30 bits per heavy atom. The van der Waals surface area contributed by atoms with Crippen molar-refractivity contribution in [2.75, 3.05) is 37.7 Å². The predicted octanol–water partition coefficient (Wildman–Crippen LogP) is 1.64. The smallest absolute Gasteiger partial charge is 0.147 e. The number of thiocarbonyl (C=S) groups is 1. The van der Waals surface area contributed by atoms with E-state index in [1.807, 2.05) is 6.20 Å². The highest BCUT2D eigenvalue weighted by Crippen LogP contribution is 2.16. The van der Waals surface area contributed by atoms with Crippen LogP contribution in [0.5, 0.6) is 0 Å². The average Bonchev–Trinajstić information content (AvgIpc) is 3.02. The minimum atomic E-state index is 0.672. The predicted molar refractivity (Wildman–Crippen MR) is 86.1 cm³/mol. The van der Waals surface area contributed by atoms with E-state index >= 15 is 0 Å². The first-order valence-electron chi connectivity index (χ1n) is 7.32. The molecule has 1 aliphatic heterocycles. The van der Waals surface area contributed by atoms with Crippen molar-refractivity contribution in [2.24, 2.45) is 0 Å². The highest BCUT2D eigenvalue weighted by Gasteiger charge is 2.15. The van der Waals surface area contributed by atoms with E-state index in [0.29, 0.717) is 4.99 Å². The van der Waals surface area contributed by atoms with Gasteiger partial charge in [0.25, 0.3) is 0 Å². The second-order valence-corrected chi connectivity index (χ2v) is 5.33. The van der Waals surface area contributed by atoms with Crippen molar-refractivity contribution >= 4 is 23.0 Å². The summed E-state index contributed by atoms with van der Waals surface area (Å²) in [5.74, 6) is 0.937. The van der Waals surface area contributed by atoms with Gasteiger partial charge in [-0.05, 0) is 25.9 Å². The van der Waals surface area contributed by atoms with Gasteiger partial charge in [-0.15, -0.1) is 0 Å². The van der Waals surface area contributed by atoms with Crippen LogP contribution in [-0.2, 0) is 0 Å². The minimum Gasteiger partial charge on any atom is -0.362 e. The van der Waals surface area contributed by atoms with Crippen LogP contribution in [0, 0.1) is 0 Å².